The molecule has 19 heavy (non-hydrogen) atoms. The monoisotopic (exact) mass is 258 g/mol. The van der Waals surface area contributed by atoms with Crippen LogP contribution in [0.15, 0.2) is 36.4 Å². The van der Waals surface area contributed by atoms with Gasteiger partial charge in [0.25, 0.3) is 5.91 Å². The molecule has 0 aliphatic heterocycles. The van der Waals surface area contributed by atoms with Crippen molar-refractivity contribution < 1.29 is 9.53 Å². The first kappa shape index (κ1) is 12.8. The zero-order chi connectivity index (χ0) is 13.7. The SMILES string of the molecule is CCNC(=O)c1ccc(Oc2ccccc2N)nn1. The van der Waals surface area contributed by atoms with Gasteiger partial charge in [0, 0.05) is 12.6 Å². The smallest absolute Gasteiger partial charge is 0.271 e. The number of nitrogen functional groups attached to an aromatic ring is 1. The van der Waals surface area contributed by atoms with Crippen LogP contribution in [0.25, 0.3) is 0 Å². The van der Waals surface area contributed by atoms with Crippen LogP contribution >= 0.6 is 0 Å². The van der Waals surface area contributed by atoms with Gasteiger partial charge in [-0.2, -0.15) is 0 Å². The summed E-state index contributed by atoms with van der Waals surface area (Å²) in [6, 6.07) is 10.2. The van der Waals surface area contributed by atoms with Gasteiger partial charge in [0.05, 0.1) is 5.69 Å². The zero-order valence-corrected chi connectivity index (χ0v) is 10.5. The highest BCUT2D eigenvalue weighted by atomic mass is 16.5. The summed E-state index contributed by atoms with van der Waals surface area (Å²) in [7, 11) is 0. The first-order valence-electron chi connectivity index (χ1n) is 5.85. The predicted molar refractivity (Wildman–Crippen MR) is 71.0 cm³/mol. The largest absolute Gasteiger partial charge is 0.435 e. The Kier molecular flexibility index (Phi) is 3.92. The molecule has 0 aliphatic rings. The summed E-state index contributed by atoms with van der Waals surface area (Å²) in [5, 5.41) is 10.3. The van der Waals surface area contributed by atoms with Gasteiger partial charge in [-0.25, -0.2) is 0 Å². The lowest BCUT2D eigenvalue weighted by molar-refractivity contribution is 0.0949. The van der Waals surface area contributed by atoms with Crippen LogP contribution in [-0.4, -0.2) is 22.6 Å². The van der Waals surface area contributed by atoms with E-state index in [2.05, 4.69) is 15.5 Å². The molecular formula is C13H14N4O2. The van der Waals surface area contributed by atoms with Crippen molar-refractivity contribution in [1.29, 1.82) is 0 Å². The Morgan fingerprint density at radius 2 is 2.05 bits per heavy atom. The molecule has 0 unspecified atom stereocenters. The molecule has 1 aromatic heterocycles. The molecule has 0 saturated carbocycles. The van der Waals surface area contributed by atoms with Crippen molar-refractivity contribution in [1.82, 2.24) is 15.5 Å². The Labute approximate surface area is 110 Å². The second-order valence-corrected chi connectivity index (χ2v) is 3.76. The van der Waals surface area contributed by atoms with E-state index >= 15 is 0 Å². The molecule has 6 nitrogen and oxygen atoms in total. The first-order chi connectivity index (χ1) is 9.20. The number of hydrogen-bond acceptors (Lipinski definition) is 5. The maximum atomic E-state index is 11.5. The van der Waals surface area contributed by atoms with Gasteiger partial charge >= 0.3 is 0 Å². The Hall–Kier alpha value is -2.63. The van der Waals surface area contributed by atoms with E-state index in [0.29, 0.717) is 18.0 Å². The number of nitrogens with one attached hydrogen (secondary N) is 1. The molecule has 2 rings (SSSR count). The van der Waals surface area contributed by atoms with Gasteiger partial charge in [-0.15, -0.1) is 10.2 Å². The fourth-order valence-electron chi connectivity index (χ4n) is 1.43. The summed E-state index contributed by atoms with van der Waals surface area (Å²) in [4.78, 5) is 11.5. The van der Waals surface area contributed by atoms with Crippen molar-refractivity contribution in [2.75, 3.05) is 12.3 Å². The highest BCUT2D eigenvalue weighted by Crippen LogP contribution is 2.24. The van der Waals surface area contributed by atoms with Gasteiger partial charge in [0.1, 0.15) is 0 Å². The number of rotatable bonds is 4. The van der Waals surface area contributed by atoms with Crippen LogP contribution in [0, 0.1) is 0 Å². The van der Waals surface area contributed by atoms with Crippen molar-refractivity contribution in [2.45, 2.75) is 6.92 Å². The van der Waals surface area contributed by atoms with Crippen molar-refractivity contribution in [3.8, 4) is 11.6 Å². The number of aromatic nitrogens is 2. The summed E-state index contributed by atoms with van der Waals surface area (Å²) >= 11 is 0. The number of hydrogen-bond donors (Lipinski definition) is 2. The standard InChI is InChI=1S/C13H14N4O2/c1-2-15-13(18)10-7-8-12(17-16-10)19-11-6-4-3-5-9(11)14/h3-8H,2,14H2,1H3,(H,15,18). The first-order valence-corrected chi connectivity index (χ1v) is 5.85. The highest BCUT2D eigenvalue weighted by molar-refractivity contribution is 5.91. The number of nitrogens with two attached hydrogens (primary N) is 1. The molecule has 6 heteroatoms. The number of benzene rings is 1. The van der Waals surface area contributed by atoms with Gasteiger partial charge in [0.2, 0.25) is 5.88 Å². The van der Waals surface area contributed by atoms with E-state index in [9.17, 15) is 4.79 Å². The van der Waals surface area contributed by atoms with E-state index in [0.717, 1.165) is 0 Å². The summed E-state index contributed by atoms with van der Waals surface area (Å²) < 4.78 is 5.47. The molecule has 1 aromatic carbocycles. The molecule has 0 fully saturated rings. The van der Waals surface area contributed by atoms with Crippen LogP contribution in [0.2, 0.25) is 0 Å². The van der Waals surface area contributed by atoms with Crippen LogP contribution in [-0.2, 0) is 0 Å². The molecule has 0 saturated heterocycles. The minimum Gasteiger partial charge on any atom is -0.435 e. The van der Waals surface area contributed by atoms with Crippen molar-refractivity contribution in [3.05, 3.63) is 42.1 Å². The second kappa shape index (κ2) is 5.81. The highest BCUT2D eigenvalue weighted by Gasteiger charge is 2.08. The molecule has 0 bridgehead atoms. The van der Waals surface area contributed by atoms with Crippen LogP contribution in [0.4, 0.5) is 5.69 Å². The second-order valence-electron chi connectivity index (χ2n) is 3.76. The molecule has 0 atom stereocenters. The van der Waals surface area contributed by atoms with E-state index in [1.54, 1.807) is 24.3 Å². The molecule has 3 N–H and O–H groups in total. The average molecular weight is 258 g/mol. The van der Waals surface area contributed by atoms with Gasteiger partial charge in [-0.05, 0) is 25.1 Å². The lowest BCUT2D eigenvalue weighted by Gasteiger charge is -2.06. The number of anilines is 1. The Bertz CT molecular complexity index is 569. The van der Waals surface area contributed by atoms with Crippen LogP contribution in [0.5, 0.6) is 11.6 Å². The van der Waals surface area contributed by atoms with E-state index in [4.69, 9.17) is 10.5 Å². The lowest BCUT2D eigenvalue weighted by atomic mass is 10.3. The minimum absolute atomic E-state index is 0.246. The number of carbonyl (C=O) groups excluding carboxylic acids is 1. The van der Waals surface area contributed by atoms with E-state index < -0.39 is 0 Å². The third-order valence-electron chi connectivity index (χ3n) is 2.34. The van der Waals surface area contributed by atoms with Gasteiger partial charge in [-0.1, -0.05) is 12.1 Å². The van der Waals surface area contributed by atoms with Crippen LogP contribution in [0.1, 0.15) is 17.4 Å². The quantitative estimate of drug-likeness (QED) is 0.813. The molecule has 0 radical (unpaired) electrons. The molecule has 0 spiro atoms. The van der Waals surface area contributed by atoms with E-state index in [-0.39, 0.29) is 17.5 Å². The molecule has 1 heterocycles. The molecule has 0 aliphatic carbocycles. The molecule has 98 valence electrons. The Balaban J connectivity index is 2.11. The fourth-order valence-corrected chi connectivity index (χ4v) is 1.43. The number of ether oxygens (including phenoxy) is 1. The summed E-state index contributed by atoms with van der Waals surface area (Å²) in [6.07, 6.45) is 0. The van der Waals surface area contributed by atoms with Crippen LogP contribution < -0.4 is 15.8 Å². The normalized spacial score (nSPS) is 9.95. The molecule has 1 amide bonds. The maximum Gasteiger partial charge on any atom is 0.271 e. The van der Waals surface area contributed by atoms with Crippen molar-refractivity contribution in [3.63, 3.8) is 0 Å². The topological polar surface area (TPSA) is 90.1 Å². The fraction of sp³-hybridized carbons (Fsp3) is 0.154. The number of carbonyl (C=O) groups is 1. The predicted octanol–water partition coefficient (Wildman–Crippen LogP) is 1.60. The van der Waals surface area contributed by atoms with E-state index in [1.807, 2.05) is 19.1 Å². The van der Waals surface area contributed by atoms with E-state index in [1.165, 1.54) is 0 Å². The lowest BCUT2D eigenvalue weighted by Crippen LogP contribution is -2.23. The Morgan fingerprint density at radius 1 is 1.26 bits per heavy atom. The van der Waals surface area contributed by atoms with Crippen molar-refractivity contribution in [2.24, 2.45) is 0 Å². The number of para-hydroxylation sites is 2. The third-order valence-corrected chi connectivity index (χ3v) is 2.34. The van der Waals surface area contributed by atoms with Crippen molar-refractivity contribution >= 4 is 11.6 Å². The molecular weight excluding hydrogens is 244 g/mol. The van der Waals surface area contributed by atoms with Gasteiger partial charge in [-0.3, -0.25) is 4.79 Å². The average Bonchev–Trinajstić information content (AvgIpc) is 2.42. The van der Waals surface area contributed by atoms with Gasteiger partial charge < -0.3 is 15.8 Å². The van der Waals surface area contributed by atoms with Gasteiger partial charge in [0.15, 0.2) is 11.4 Å². The minimum atomic E-state index is -0.263. The summed E-state index contributed by atoms with van der Waals surface area (Å²) in [5.74, 6) is 0.522. The summed E-state index contributed by atoms with van der Waals surface area (Å²) in [6.45, 7) is 2.38. The maximum absolute atomic E-state index is 11.5. The Morgan fingerprint density at radius 3 is 2.68 bits per heavy atom. The third kappa shape index (κ3) is 3.19. The number of amides is 1. The number of nitrogens with zero attached hydrogens (tertiary/aromatic N) is 2. The summed E-state index contributed by atoms with van der Waals surface area (Å²) in [5.41, 5.74) is 6.51. The zero-order valence-electron chi connectivity index (χ0n) is 10.5. The van der Waals surface area contributed by atoms with Crippen LogP contribution in [0.3, 0.4) is 0 Å². The molecule has 2 aromatic rings.